The van der Waals surface area contributed by atoms with Crippen molar-refractivity contribution in [3.8, 4) is 11.3 Å². The van der Waals surface area contributed by atoms with Crippen LogP contribution in [0.25, 0.3) is 11.3 Å². The fourth-order valence-electron chi connectivity index (χ4n) is 2.27. The summed E-state index contributed by atoms with van der Waals surface area (Å²) >= 11 is 5.05. The molecule has 134 valence electrons. The molecule has 9 heteroatoms. The molecule has 0 bridgehead atoms. The van der Waals surface area contributed by atoms with Crippen molar-refractivity contribution in [3.63, 3.8) is 0 Å². The summed E-state index contributed by atoms with van der Waals surface area (Å²) in [7, 11) is -1.42. The molecule has 0 atom stereocenters. The Kier molecular flexibility index (Phi) is 6.16. The maximum absolute atomic E-state index is 11.7. The minimum absolute atomic E-state index is 0.0341. The summed E-state index contributed by atoms with van der Waals surface area (Å²) in [6.07, 6.45) is 4.44. The number of hydrogen-bond donors (Lipinski definition) is 0. The Hall–Kier alpha value is -0.832. The number of rotatable bonds is 5. The molecule has 0 unspecified atom stereocenters. The third kappa shape index (κ3) is 4.52. The first-order valence-electron chi connectivity index (χ1n) is 7.33. The van der Waals surface area contributed by atoms with Crippen LogP contribution in [0.15, 0.2) is 52.8 Å². The zero-order valence-electron chi connectivity index (χ0n) is 13.8. The molecule has 0 fully saturated rings. The van der Waals surface area contributed by atoms with Gasteiger partial charge < -0.3 is 0 Å². The Morgan fingerprint density at radius 3 is 2.77 bits per heavy atom. The fourth-order valence-corrected chi connectivity index (χ4v) is 6.07. The molecule has 0 saturated carbocycles. The second-order valence-corrected chi connectivity index (χ2v) is 12.2. The van der Waals surface area contributed by atoms with E-state index < -0.39 is 9.84 Å². The summed E-state index contributed by atoms with van der Waals surface area (Å²) in [6, 6.07) is 12.9. The minimum atomic E-state index is -3.38. The van der Waals surface area contributed by atoms with Crippen molar-refractivity contribution in [1.29, 1.82) is 0 Å². The molecule has 0 radical (unpaired) electrons. The third-order valence-electron chi connectivity index (χ3n) is 3.43. The van der Waals surface area contributed by atoms with Crippen LogP contribution < -0.4 is 0 Å². The van der Waals surface area contributed by atoms with Crippen molar-refractivity contribution in [3.05, 3.63) is 58.2 Å². The van der Waals surface area contributed by atoms with Gasteiger partial charge in [-0.15, -0.1) is 0 Å². The number of nitrogens with zero attached hydrogens (tertiary/aromatic N) is 3. The van der Waals surface area contributed by atoms with E-state index in [1.807, 2.05) is 29.8 Å². The number of aryl methyl sites for hydroxylation is 1. The van der Waals surface area contributed by atoms with Gasteiger partial charge in [0, 0.05) is 0 Å². The van der Waals surface area contributed by atoms with Crippen molar-refractivity contribution < 1.29 is 27.8 Å². The molecule has 0 saturated heterocycles. The van der Waals surface area contributed by atoms with Crippen molar-refractivity contribution in [2.45, 2.75) is 9.92 Å². The van der Waals surface area contributed by atoms with Gasteiger partial charge in [0.25, 0.3) is 0 Å². The van der Waals surface area contributed by atoms with Crippen molar-refractivity contribution >= 4 is 47.4 Å². The number of aromatic nitrogens is 3. The Morgan fingerprint density at radius 1 is 1.31 bits per heavy atom. The first-order chi connectivity index (χ1) is 12.3. The van der Waals surface area contributed by atoms with Gasteiger partial charge in [-0.3, -0.25) is 0 Å². The summed E-state index contributed by atoms with van der Waals surface area (Å²) in [4.78, 5) is 9.18. The molecule has 0 aliphatic heterocycles. The number of thioether (sulfide) groups is 1. The van der Waals surface area contributed by atoms with Gasteiger partial charge in [-0.1, -0.05) is 0 Å². The molecule has 3 aromatic rings. The second kappa shape index (κ2) is 8.04. The molecule has 0 N–H and O–H groups in total. The zero-order chi connectivity index (χ0) is 18.9. The molecule has 0 aliphatic rings. The average Bonchev–Trinajstić information content (AvgIpc) is 2.96. The molecule has 0 spiro atoms. The van der Waals surface area contributed by atoms with E-state index in [4.69, 9.17) is 0 Å². The number of benzene rings is 1. The van der Waals surface area contributed by atoms with Crippen LogP contribution in [0.2, 0.25) is 0 Å². The van der Waals surface area contributed by atoms with Crippen molar-refractivity contribution in [2.24, 2.45) is 7.05 Å². The van der Waals surface area contributed by atoms with Gasteiger partial charge in [0.2, 0.25) is 0 Å². The molecular formula is C17H13IN3O2S2W-. The molecule has 0 amide bonds. The Bertz CT molecular complexity index is 1100. The molecule has 5 nitrogen and oxygen atoms in total. The van der Waals surface area contributed by atoms with E-state index in [-0.39, 0.29) is 5.03 Å². The van der Waals surface area contributed by atoms with Crippen LogP contribution in [0.5, 0.6) is 0 Å². The van der Waals surface area contributed by atoms with Crippen LogP contribution >= 0.6 is 34.4 Å². The molecule has 2 heterocycles. The van der Waals surface area contributed by atoms with E-state index in [9.17, 15) is 8.42 Å². The van der Waals surface area contributed by atoms with Crippen LogP contribution in [0.3, 0.4) is 0 Å². The van der Waals surface area contributed by atoms with Gasteiger partial charge in [-0.25, -0.2) is 0 Å². The third-order valence-corrected chi connectivity index (χ3v) is 7.44. The summed E-state index contributed by atoms with van der Waals surface area (Å²) in [6.45, 7) is 0. The van der Waals surface area contributed by atoms with E-state index in [1.54, 1.807) is 12.4 Å². The van der Waals surface area contributed by atoms with E-state index >= 15 is 0 Å². The van der Waals surface area contributed by atoms with Gasteiger partial charge in [-0.05, 0) is 0 Å². The quantitative estimate of drug-likeness (QED) is 0.238. The number of hydrogen-bond acceptors (Lipinski definition) is 5. The Morgan fingerprint density at radius 2 is 2.08 bits per heavy atom. The van der Waals surface area contributed by atoms with Gasteiger partial charge >= 0.3 is 182 Å². The topological polar surface area (TPSA) is 64.8 Å². The predicted octanol–water partition coefficient (Wildman–Crippen LogP) is 3.11. The number of halogens is 1. The van der Waals surface area contributed by atoms with Crippen LogP contribution in [0.1, 0.15) is 5.69 Å². The Balaban J connectivity index is 1.96. The normalized spacial score (nSPS) is 11.5. The Labute approximate surface area is 181 Å². The van der Waals surface area contributed by atoms with Crippen molar-refractivity contribution in [1.82, 2.24) is 14.5 Å². The second-order valence-electron chi connectivity index (χ2n) is 5.46. The van der Waals surface area contributed by atoms with Gasteiger partial charge in [-0.2, -0.15) is 0 Å². The SMILES string of the molecule is Cn1cnc(-c2cccc(I)c2)c1[C](=[W])Sc1[c-]c(S(C)(=O)=O)ncc1. The molecular weight excluding hydrogens is 653 g/mol. The van der Waals surface area contributed by atoms with Crippen LogP contribution in [0, 0.1) is 9.64 Å². The molecule has 0 aliphatic carbocycles. The molecule has 2 aromatic heterocycles. The van der Waals surface area contributed by atoms with E-state index in [2.05, 4.69) is 44.7 Å². The maximum atomic E-state index is 11.7. The first kappa shape index (κ1) is 19.9. The number of pyridine rings is 1. The first-order valence-corrected chi connectivity index (χ1v) is 12.6. The van der Waals surface area contributed by atoms with E-state index in [0.717, 1.165) is 34.9 Å². The van der Waals surface area contributed by atoms with Gasteiger partial charge in [0.05, 0.1) is 0 Å². The molecule has 26 heavy (non-hydrogen) atoms. The summed E-state index contributed by atoms with van der Waals surface area (Å²) in [5.41, 5.74) is 3.00. The molecule has 3 rings (SSSR count). The van der Waals surface area contributed by atoms with Crippen molar-refractivity contribution in [2.75, 3.05) is 6.26 Å². The van der Waals surface area contributed by atoms with Crippen LogP contribution in [0.4, 0.5) is 0 Å². The number of imidazole rings is 1. The van der Waals surface area contributed by atoms with E-state index in [1.165, 1.54) is 37.3 Å². The predicted molar refractivity (Wildman–Crippen MR) is 108 cm³/mol. The average molecular weight is 666 g/mol. The fraction of sp³-hybridized carbons (Fsp3) is 0.118. The molecule has 1 aromatic carbocycles. The van der Waals surface area contributed by atoms with Crippen LogP contribution in [-0.2, 0) is 36.2 Å². The standard InChI is InChI=1S/C17H13IN3O2S2.W/c1-21-11-20-17(12-4-3-5-13(18)8-12)15(21)10-24-14-6-7-19-16(9-14)25(2,22)23;/h3-8,11H,1-2H3;/q-1;. The summed E-state index contributed by atoms with van der Waals surface area (Å²) in [5.74, 6) is 0. The number of sulfone groups is 1. The van der Waals surface area contributed by atoms with Gasteiger partial charge in [0.15, 0.2) is 0 Å². The van der Waals surface area contributed by atoms with Gasteiger partial charge in [0.1, 0.15) is 0 Å². The van der Waals surface area contributed by atoms with Crippen LogP contribution in [-0.4, -0.2) is 32.4 Å². The monoisotopic (exact) mass is 666 g/mol. The summed E-state index contributed by atoms with van der Waals surface area (Å²) < 4.78 is 27.6. The van der Waals surface area contributed by atoms with E-state index in [0.29, 0.717) is 0 Å². The summed E-state index contributed by atoms with van der Waals surface area (Å²) in [5, 5.41) is -0.0341. The zero-order valence-corrected chi connectivity index (χ0v) is 20.5.